The quantitative estimate of drug-likeness (QED) is 0.549. The van der Waals surface area contributed by atoms with Gasteiger partial charge in [0.15, 0.2) is 0 Å². The van der Waals surface area contributed by atoms with E-state index in [1.807, 2.05) is 0 Å². The van der Waals surface area contributed by atoms with Crippen LogP contribution in [-0.2, 0) is 19.1 Å². The normalized spacial score (nSPS) is 19.7. The molecular formula is C15H23NO5. The molecule has 0 bridgehead atoms. The summed E-state index contributed by atoms with van der Waals surface area (Å²) in [7, 11) is 0. The Labute approximate surface area is 125 Å². The van der Waals surface area contributed by atoms with Gasteiger partial charge in [-0.3, -0.25) is 4.79 Å². The first kappa shape index (κ1) is 17.2. The topological polar surface area (TPSA) is 72.9 Å². The number of carbonyl (C=O) groups excluding carboxylic acids is 3. The van der Waals surface area contributed by atoms with Crippen molar-refractivity contribution in [1.82, 2.24) is 4.90 Å². The van der Waals surface area contributed by atoms with Crippen molar-refractivity contribution in [2.24, 2.45) is 0 Å². The number of likely N-dealkylation sites (tertiary alicyclic amines) is 1. The molecule has 1 aliphatic heterocycles. The number of hydrogen-bond donors (Lipinski definition) is 0. The largest absolute Gasteiger partial charge is 0.458 e. The third-order valence-corrected chi connectivity index (χ3v) is 2.54. The molecule has 1 heterocycles. The van der Waals surface area contributed by atoms with E-state index in [2.05, 4.69) is 6.58 Å². The van der Waals surface area contributed by atoms with Gasteiger partial charge in [0.2, 0.25) is 0 Å². The second-order valence-corrected chi connectivity index (χ2v) is 7.01. The molecule has 0 spiro atoms. The van der Waals surface area contributed by atoms with Crippen LogP contribution in [0.2, 0.25) is 0 Å². The zero-order valence-electron chi connectivity index (χ0n) is 13.5. The highest BCUT2D eigenvalue weighted by Gasteiger charge is 2.46. The monoisotopic (exact) mass is 297 g/mol. The maximum Gasteiger partial charge on any atom is 0.418 e. The Balaban J connectivity index is 2.97. The number of amides is 2. The van der Waals surface area contributed by atoms with E-state index < -0.39 is 35.2 Å². The van der Waals surface area contributed by atoms with Gasteiger partial charge in [-0.1, -0.05) is 6.58 Å². The van der Waals surface area contributed by atoms with Crippen LogP contribution in [0.5, 0.6) is 0 Å². The number of rotatable bonds is 1. The van der Waals surface area contributed by atoms with Crippen LogP contribution in [0.4, 0.5) is 4.79 Å². The fourth-order valence-electron chi connectivity index (χ4n) is 1.80. The number of hydrogen-bond acceptors (Lipinski definition) is 5. The lowest BCUT2D eigenvalue weighted by Gasteiger charge is -2.28. The van der Waals surface area contributed by atoms with Crippen molar-refractivity contribution >= 4 is 18.0 Å². The summed E-state index contributed by atoms with van der Waals surface area (Å²) in [6.45, 7) is 13.8. The summed E-state index contributed by atoms with van der Waals surface area (Å²) in [5, 5.41) is 0. The van der Waals surface area contributed by atoms with Crippen molar-refractivity contribution in [3.8, 4) is 0 Å². The van der Waals surface area contributed by atoms with Crippen LogP contribution in [0.15, 0.2) is 12.2 Å². The van der Waals surface area contributed by atoms with Crippen molar-refractivity contribution in [2.75, 3.05) is 0 Å². The molecule has 21 heavy (non-hydrogen) atoms. The molecular weight excluding hydrogens is 274 g/mol. The fourth-order valence-corrected chi connectivity index (χ4v) is 1.80. The lowest BCUT2D eigenvalue weighted by molar-refractivity contribution is -0.161. The molecule has 1 atom stereocenters. The molecule has 0 aromatic heterocycles. The smallest absolute Gasteiger partial charge is 0.418 e. The van der Waals surface area contributed by atoms with E-state index in [-0.39, 0.29) is 12.0 Å². The Morgan fingerprint density at radius 2 is 1.57 bits per heavy atom. The summed E-state index contributed by atoms with van der Waals surface area (Å²) in [4.78, 5) is 37.1. The summed E-state index contributed by atoms with van der Waals surface area (Å²) in [6, 6.07) is -1.01. The number of esters is 1. The number of imide groups is 1. The van der Waals surface area contributed by atoms with Crippen LogP contribution < -0.4 is 0 Å². The van der Waals surface area contributed by atoms with Crippen molar-refractivity contribution in [3.63, 3.8) is 0 Å². The minimum atomic E-state index is -1.01. The molecule has 0 aromatic rings. The minimum absolute atomic E-state index is 0.0625. The number of carbonyl (C=O) groups is 3. The van der Waals surface area contributed by atoms with Gasteiger partial charge in [0.25, 0.3) is 5.91 Å². The average molecular weight is 297 g/mol. The van der Waals surface area contributed by atoms with E-state index in [1.165, 1.54) is 0 Å². The van der Waals surface area contributed by atoms with E-state index in [0.717, 1.165) is 4.90 Å². The molecule has 0 radical (unpaired) electrons. The molecule has 0 N–H and O–H groups in total. The standard InChI is InChI=1S/C15H23NO5/c1-9-8-10(12(18)20-14(2,3)4)16(11(9)17)13(19)21-15(5,6)7/h10H,1,8H2,2-7H3. The molecule has 1 fully saturated rings. The van der Waals surface area contributed by atoms with Crippen molar-refractivity contribution in [2.45, 2.75) is 65.2 Å². The zero-order chi connectivity index (χ0) is 16.6. The fraction of sp³-hybridized carbons (Fsp3) is 0.667. The van der Waals surface area contributed by atoms with Crippen molar-refractivity contribution in [1.29, 1.82) is 0 Å². The van der Waals surface area contributed by atoms with Gasteiger partial charge >= 0.3 is 12.1 Å². The van der Waals surface area contributed by atoms with Gasteiger partial charge in [0.1, 0.15) is 17.2 Å². The zero-order valence-corrected chi connectivity index (χ0v) is 13.5. The first-order valence-electron chi connectivity index (χ1n) is 6.79. The van der Waals surface area contributed by atoms with Gasteiger partial charge in [0, 0.05) is 12.0 Å². The first-order chi connectivity index (χ1) is 9.32. The molecule has 1 aliphatic rings. The van der Waals surface area contributed by atoms with E-state index in [4.69, 9.17) is 9.47 Å². The van der Waals surface area contributed by atoms with Crippen LogP contribution in [0, 0.1) is 0 Å². The van der Waals surface area contributed by atoms with E-state index in [9.17, 15) is 14.4 Å². The average Bonchev–Trinajstić information content (AvgIpc) is 2.50. The summed E-state index contributed by atoms with van der Waals surface area (Å²) >= 11 is 0. The molecule has 0 aromatic carbocycles. The van der Waals surface area contributed by atoms with Crippen LogP contribution >= 0.6 is 0 Å². The Kier molecular flexibility index (Phi) is 4.51. The van der Waals surface area contributed by atoms with Crippen molar-refractivity contribution < 1.29 is 23.9 Å². The van der Waals surface area contributed by atoms with E-state index in [0.29, 0.717) is 0 Å². The minimum Gasteiger partial charge on any atom is -0.458 e. The van der Waals surface area contributed by atoms with Crippen LogP contribution in [0.1, 0.15) is 48.0 Å². The highest BCUT2D eigenvalue weighted by molar-refractivity contribution is 6.08. The molecule has 1 rings (SSSR count). The van der Waals surface area contributed by atoms with Crippen LogP contribution in [0.25, 0.3) is 0 Å². The summed E-state index contributed by atoms with van der Waals surface area (Å²) in [6.07, 6.45) is -0.797. The SMILES string of the molecule is C=C1CC(C(=O)OC(C)(C)C)N(C(=O)OC(C)(C)C)C1=O. The van der Waals surface area contributed by atoms with E-state index >= 15 is 0 Å². The number of ether oxygens (including phenoxy) is 2. The highest BCUT2D eigenvalue weighted by Crippen LogP contribution is 2.27. The van der Waals surface area contributed by atoms with Crippen LogP contribution in [-0.4, -0.2) is 40.1 Å². The predicted molar refractivity (Wildman–Crippen MR) is 76.5 cm³/mol. The lowest BCUT2D eigenvalue weighted by Crippen LogP contribution is -2.47. The molecule has 6 heteroatoms. The predicted octanol–water partition coefficient (Wildman–Crippen LogP) is 2.42. The van der Waals surface area contributed by atoms with Gasteiger partial charge in [0.05, 0.1) is 0 Å². The van der Waals surface area contributed by atoms with Crippen molar-refractivity contribution in [3.05, 3.63) is 12.2 Å². The summed E-state index contributed by atoms with van der Waals surface area (Å²) < 4.78 is 10.4. The third kappa shape index (κ3) is 4.58. The van der Waals surface area contributed by atoms with Gasteiger partial charge < -0.3 is 9.47 Å². The lowest BCUT2D eigenvalue weighted by atomic mass is 10.1. The van der Waals surface area contributed by atoms with Gasteiger partial charge in [-0.25, -0.2) is 14.5 Å². The highest BCUT2D eigenvalue weighted by atomic mass is 16.6. The summed E-state index contributed by atoms with van der Waals surface area (Å²) in [5.74, 6) is -1.24. The van der Waals surface area contributed by atoms with Gasteiger partial charge in [-0.05, 0) is 41.5 Å². The molecule has 0 aliphatic carbocycles. The maximum atomic E-state index is 12.2. The molecule has 2 amide bonds. The third-order valence-electron chi connectivity index (χ3n) is 2.54. The van der Waals surface area contributed by atoms with Crippen LogP contribution in [0.3, 0.4) is 0 Å². The number of nitrogens with zero attached hydrogens (tertiary/aromatic N) is 1. The Morgan fingerprint density at radius 3 is 2.00 bits per heavy atom. The molecule has 6 nitrogen and oxygen atoms in total. The van der Waals surface area contributed by atoms with Gasteiger partial charge in [-0.2, -0.15) is 0 Å². The second kappa shape index (κ2) is 5.50. The Hall–Kier alpha value is -1.85. The maximum absolute atomic E-state index is 12.2. The summed E-state index contributed by atoms with van der Waals surface area (Å²) in [5.41, 5.74) is -1.28. The molecule has 1 saturated heterocycles. The Bertz CT molecular complexity index is 481. The molecule has 118 valence electrons. The van der Waals surface area contributed by atoms with Gasteiger partial charge in [-0.15, -0.1) is 0 Å². The Morgan fingerprint density at radius 1 is 1.10 bits per heavy atom. The molecule has 1 unspecified atom stereocenters. The second-order valence-electron chi connectivity index (χ2n) is 7.01. The van der Waals surface area contributed by atoms with E-state index in [1.54, 1.807) is 41.5 Å². The first-order valence-corrected chi connectivity index (χ1v) is 6.79. The molecule has 0 saturated carbocycles.